The summed E-state index contributed by atoms with van der Waals surface area (Å²) in [5.41, 5.74) is 23.5. The fourth-order valence-electron chi connectivity index (χ4n) is 10.5. The molecule has 2 aliphatic carbocycles. The van der Waals surface area contributed by atoms with Gasteiger partial charge in [0.15, 0.2) is 0 Å². The van der Waals surface area contributed by atoms with Crippen LogP contribution in [-0.4, -0.2) is 0 Å². The number of hydrogen-bond donors (Lipinski definition) is 0. The number of anilines is 3. The van der Waals surface area contributed by atoms with Gasteiger partial charge in [0.1, 0.15) is 0 Å². The standard InChI is InChI=1S/C60H47N/c1-59(2)53-29-13-11-24-47(53)49-37-36-46(39-55(49)59)61(45-34-32-42(33-35-45)40-18-7-5-8-19-40)56-31-17-26-50(57(56)44-23-15-22-43(38-44)41-20-9-6-10-21-41)52-28-16-27-51-48-25-12-14-30-54(48)60(3,4)58(51)52/h5-39H,1-4H3. The van der Waals surface area contributed by atoms with Crippen LogP contribution in [0.15, 0.2) is 212 Å². The largest absolute Gasteiger partial charge is 0.310 e. The highest BCUT2D eigenvalue weighted by atomic mass is 15.1. The summed E-state index contributed by atoms with van der Waals surface area (Å²) in [7, 11) is 0. The van der Waals surface area contributed by atoms with Gasteiger partial charge in [-0.2, -0.15) is 0 Å². The molecule has 0 amide bonds. The van der Waals surface area contributed by atoms with Crippen molar-refractivity contribution >= 4 is 17.1 Å². The minimum atomic E-state index is -0.185. The summed E-state index contributed by atoms with van der Waals surface area (Å²) in [4.78, 5) is 2.51. The summed E-state index contributed by atoms with van der Waals surface area (Å²) >= 11 is 0. The van der Waals surface area contributed by atoms with Crippen molar-refractivity contribution in [2.75, 3.05) is 4.90 Å². The zero-order valence-corrected chi connectivity index (χ0v) is 35.2. The first-order valence-corrected chi connectivity index (χ1v) is 21.5. The Kier molecular flexibility index (Phi) is 8.58. The maximum atomic E-state index is 2.51. The van der Waals surface area contributed by atoms with Gasteiger partial charge in [0.25, 0.3) is 0 Å². The maximum Gasteiger partial charge on any atom is 0.0546 e. The van der Waals surface area contributed by atoms with Crippen molar-refractivity contribution in [3.63, 3.8) is 0 Å². The van der Waals surface area contributed by atoms with Crippen LogP contribution in [0.4, 0.5) is 17.1 Å². The van der Waals surface area contributed by atoms with E-state index in [4.69, 9.17) is 0 Å². The number of hydrogen-bond acceptors (Lipinski definition) is 1. The van der Waals surface area contributed by atoms with E-state index in [-0.39, 0.29) is 10.8 Å². The highest BCUT2D eigenvalue weighted by Crippen LogP contribution is 2.56. The van der Waals surface area contributed by atoms with Crippen LogP contribution in [0, 0.1) is 0 Å². The summed E-state index contributed by atoms with van der Waals surface area (Å²) in [5, 5.41) is 0. The molecular weight excluding hydrogens is 735 g/mol. The van der Waals surface area contributed by atoms with Crippen molar-refractivity contribution in [2.45, 2.75) is 38.5 Å². The van der Waals surface area contributed by atoms with E-state index in [1.807, 2.05) is 0 Å². The fourth-order valence-corrected chi connectivity index (χ4v) is 10.5. The Bertz CT molecular complexity index is 3120. The van der Waals surface area contributed by atoms with Crippen LogP contribution >= 0.6 is 0 Å². The van der Waals surface area contributed by atoms with Crippen LogP contribution < -0.4 is 4.90 Å². The Morgan fingerprint density at radius 3 is 1.46 bits per heavy atom. The van der Waals surface area contributed by atoms with Gasteiger partial charge in [0.2, 0.25) is 0 Å². The van der Waals surface area contributed by atoms with Gasteiger partial charge >= 0.3 is 0 Å². The van der Waals surface area contributed by atoms with Crippen LogP contribution in [0.1, 0.15) is 49.9 Å². The fraction of sp³-hybridized carbons (Fsp3) is 0.100. The molecule has 61 heavy (non-hydrogen) atoms. The second-order valence-electron chi connectivity index (χ2n) is 17.7. The predicted octanol–water partition coefficient (Wildman–Crippen LogP) is 16.4. The molecule has 0 aromatic heterocycles. The van der Waals surface area contributed by atoms with Gasteiger partial charge < -0.3 is 4.90 Å². The smallest absolute Gasteiger partial charge is 0.0546 e. The summed E-state index contributed by atoms with van der Waals surface area (Å²) in [6.45, 7) is 9.53. The molecule has 11 rings (SSSR count). The lowest BCUT2D eigenvalue weighted by molar-refractivity contribution is 0.660. The van der Waals surface area contributed by atoms with Crippen molar-refractivity contribution in [3.8, 4) is 66.8 Å². The van der Waals surface area contributed by atoms with Gasteiger partial charge in [-0.3, -0.25) is 0 Å². The van der Waals surface area contributed by atoms with E-state index in [1.165, 1.54) is 89.0 Å². The van der Waals surface area contributed by atoms with Crippen molar-refractivity contribution < 1.29 is 0 Å². The molecule has 0 saturated carbocycles. The molecule has 0 atom stereocenters. The van der Waals surface area contributed by atoms with Gasteiger partial charge in [0, 0.05) is 27.8 Å². The van der Waals surface area contributed by atoms with E-state index >= 15 is 0 Å². The number of benzene rings is 9. The van der Waals surface area contributed by atoms with E-state index < -0.39 is 0 Å². The maximum absolute atomic E-state index is 2.51. The minimum absolute atomic E-state index is 0.148. The average Bonchev–Trinajstić information content (AvgIpc) is 3.69. The Morgan fingerprint density at radius 1 is 0.295 bits per heavy atom. The summed E-state index contributed by atoms with van der Waals surface area (Å²) in [5.74, 6) is 0. The first kappa shape index (κ1) is 36.8. The highest BCUT2D eigenvalue weighted by Gasteiger charge is 2.39. The summed E-state index contributed by atoms with van der Waals surface area (Å²) in [6, 6.07) is 78.6. The molecule has 0 heterocycles. The molecule has 0 bridgehead atoms. The van der Waals surface area contributed by atoms with Crippen LogP contribution in [0.25, 0.3) is 66.8 Å². The second kappa shape index (κ2) is 14.2. The number of fused-ring (bicyclic) bond motifs is 6. The molecule has 9 aromatic rings. The van der Waals surface area contributed by atoms with E-state index in [0.29, 0.717) is 0 Å². The third kappa shape index (κ3) is 5.91. The monoisotopic (exact) mass is 781 g/mol. The van der Waals surface area contributed by atoms with Gasteiger partial charge in [-0.05, 0) is 120 Å². The molecule has 0 N–H and O–H groups in total. The van der Waals surface area contributed by atoms with E-state index in [1.54, 1.807) is 0 Å². The van der Waals surface area contributed by atoms with Crippen LogP contribution in [0.2, 0.25) is 0 Å². The first-order valence-electron chi connectivity index (χ1n) is 21.5. The Morgan fingerprint density at radius 2 is 0.754 bits per heavy atom. The van der Waals surface area contributed by atoms with Crippen molar-refractivity contribution in [1.82, 2.24) is 0 Å². The molecular formula is C60H47N. The average molecular weight is 782 g/mol. The topological polar surface area (TPSA) is 3.24 Å². The second-order valence-corrected chi connectivity index (χ2v) is 17.7. The highest BCUT2D eigenvalue weighted by molar-refractivity contribution is 6.01. The normalized spacial score (nSPS) is 13.8. The van der Waals surface area contributed by atoms with Gasteiger partial charge in [-0.1, -0.05) is 204 Å². The zero-order chi connectivity index (χ0) is 41.3. The molecule has 0 aliphatic heterocycles. The quantitative estimate of drug-likeness (QED) is 0.156. The van der Waals surface area contributed by atoms with Crippen molar-refractivity contribution in [2.24, 2.45) is 0 Å². The molecule has 1 heteroatoms. The molecule has 0 saturated heterocycles. The first-order chi connectivity index (χ1) is 29.8. The lowest BCUT2D eigenvalue weighted by Crippen LogP contribution is -2.17. The summed E-state index contributed by atoms with van der Waals surface area (Å²) < 4.78 is 0. The SMILES string of the molecule is CC1(C)c2ccccc2-c2ccc(N(c3ccc(-c4ccccc4)cc3)c3cccc(-c4cccc5c4C(C)(C)c4ccccc4-5)c3-c3cccc(-c4ccccc4)c3)cc21. The van der Waals surface area contributed by atoms with Gasteiger partial charge in [-0.25, -0.2) is 0 Å². The van der Waals surface area contributed by atoms with E-state index in [2.05, 4.69) is 245 Å². The minimum Gasteiger partial charge on any atom is -0.310 e. The lowest BCUT2D eigenvalue weighted by atomic mass is 9.77. The summed E-state index contributed by atoms with van der Waals surface area (Å²) in [6.07, 6.45) is 0. The molecule has 0 unspecified atom stereocenters. The number of rotatable bonds is 7. The molecule has 2 aliphatic rings. The molecule has 0 fully saturated rings. The Labute approximate surface area is 360 Å². The van der Waals surface area contributed by atoms with Crippen LogP contribution in [-0.2, 0) is 10.8 Å². The van der Waals surface area contributed by atoms with Gasteiger partial charge in [0.05, 0.1) is 5.69 Å². The molecule has 9 aromatic carbocycles. The molecule has 1 nitrogen and oxygen atoms in total. The van der Waals surface area contributed by atoms with Crippen molar-refractivity contribution in [3.05, 3.63) is 235 Å². The lowest BCUT2D eigenvalue weighted by Gasteiger charge is -2.32. The van der Waals surface area contributed by atoms with E-state index in [9.17, 15) is 0 Å². The zero-order valence-electron chi connectivity index (χ0n) is 35.2. The Hall–Kier alpha value is -7.22. The van der Waals surface area contributed by atoms with E-state index in [0.717, 1.165) is 17.1 Å². The molecule has 0 spiro atoms. The molecule has 0 radical (unpaired) electrons. The Balaban J connectivity index is 1.19. The number of nitrogens with zero attached hydrogens (tertiary/aromatic N) is 1. The van der Waals surface area contributed by atoms with Crippen LogP contribution in [0.3, 0.4) is 0 Å². The third-order valence-electron chi connectivity index (χ3n) is 13.5. The van der Waals surface area contributed by atoms with Crippen LogP contribution in [0.5, 0.6) is 0 Å². The third-order valence-corrected chi connectivity index (χ3v) is 13.5. The predicted molar refractivity (Wildman–Crippen MR) is 258 cm³/mol. The van der Waals surface area contributed by atoms with Crippen molar-refractivity contribution in [1.29, 1.82) is 0 Å². The van der Waals surface area contributed by atoms with Gasteiger partial charge in [-0.15, -0.1) is 0 Å². The molecule has 292 valence electrons.